The van der Waals surface area contributed by atoms with Gasteiger partial charge in [-0.25, -0.2) is 15.0 Å². The first-order chi connectivity index (χ1) is 8.86. The fraction of sp³-hybridized carbons (Fsp3) is 0.643. The highest BCUT2D eigenvalue weighted by Crippen LogP contribution is 2.27. The molecule has 0 aromatic carbocycles. The SMILES string of the molecule is CCc1nc2ncnc(CC3CCCCC3)c2[nH]1. The number of aromatic nitrogens is 4. The van der Waals surface area contributed by atoms with E-state index < -0.39 is 0 Å². The Hall–Kier alpha value is -1.45. The first-order valence-corrected chi connectivity index (χ1v) is 7.05. The zero-order valence-electron chi connectivity index (χ0n) is 10.9. The summed E-state index contributed by atoms with van der Waals surface area (Å²) < 4.78 is 0. The molecule has 4 nitrogen and oxygen atoms in total. The summed E-state index contributed by atoms with van der Waals surface area (Å²) in [5, 5.41) is 0. The van der Waals surface area contributed by atoms with Crippen LogP contribution in [-0.4, -0.2) is 19.9 Å². The third-order valence-electron chi connectivity index (χ3n) is 3.96. The van der Waals surface area contributed by atoms with E-state index in [-0.39, 0.29) is 0 Å². The first-order valence-electron chi connectivity index (χ1n) is 7.05. The highest BCUT2D eigenvalue weighted by molar-refractivity contribution is 5.72. The molecule has 0 atom stereocenters. The minimum Gasteiger partial charge on any atom is -0.339 e. The number of H-pyrrole nitrogens is 1. The van der Waals surface area contributed by atoms with E-state index in [0.29, 0.717) is 0 Å². The minimum atomic E-state index is 0.797. The molecule has 0 amide bonds. The van der Waals surface area contributed by atoms with Crippen molar-refractivity contribution in [3.05, 3.63) is 17.8 Å². The molecule has 1 fully saturated rings. The maximum Gasteiger partial charge on any atom is 0.181 e. The quantitative estimate of drug-likeness (QED) is 0.902. The van der Waals surface area contributed by atoms with Crippen molar-refractivity contribution in [2.24, 2.45) is 5.92 Å². The normalized spacial score (nSPS) is 17.4. The van der Waals surface area contributed by atoms with E-state index in [1.165, 1.54) is 32.1 Å². The third-order valence-corrected chi connectivity index (χ3v) is 3.96. The van der Waals surface area contributed by atoms with Gasteiger partial charge in [0.1, 0.15) is 17.7 Å². The Morgan fingerprint density at radius 2 is 2.06 bits per heavy atom. The Labute approximate surface area is 107 Å². The van der Waals surface area contributed by atoms with Crippen molar-refractivity contribution < 1.29 is 0 Å². The summed E-state index contributed by atoms with van der Waals surface area (Å²) in [5.74, 6) is 1.81. The van der Waals surface area contributed by atoms with Gasteiger partial charge in [-0.15, -0.1) is 0 Å². The molecule has 1 N–H and O–H groups in total. The highest BCUT2D eigenvalue weighted by atomic mass is 15.0. The van der Waals surface area contributed by atoms with E-state index in [0.717, 1.165) is 41.4 Å². The summed E-state index contributed by atoms with van der Waals surface area (Å²) in [6.45, 7) is 2.10. The third kappa shape index (κ3) is 2.24. The van der Waals surface area contributed by atoms with E-state index in [1.807, 2.05) is 0 Å². The Morgan fingerprint density at radius 1 is 1.22 bits per heavy atom. The summed E-state index contributed by atoms with van der Waals surface area (Å²) >= 11 is 0. The van der Waals surface area contributed by atoms with E-state index in [9.17, 15) is 0 Å². The molecule has 18 heavy (non-hydrogen) atoms. The van der Waals surface area contributed by atoms with Crippen LogP contribution < -0.4 is 0 Å². The molecule has 1 aliphatic rings. The molecular weight excluding hydrogens is 224 g/mol. The Bertz CT molecular complexity index is 526. The van der Waals surface area contributed by atoms with E-state index in [1.54, 1.807) is 6.33 Å². The smallest absolute Gasteiger partial charge is 0.181 e. The van der Waals surface area contributed by atoms with Crippen molar-refractivity contribution in [1.82, 2.24) is 19.9 Å². The van der Waals surface area contributed by atoms with Crippen LogP contribution >= 0.6 is 0 Å². The molecule has 0 saturated heterocycles. The maximum atomic E-state index is 4.48. The largest absolute Gasteiger partial charge is 0.339 e. The second-order valence-electron chi connectivity index (χ2n) is 5.26. The zero-order valence-corrected chi connectivity index (χ0v) is 10.9. The lowest BCUT2D eigenvalue weighted by atomic mass is 9.86. The summed E-state index contributed by atoms with van der Waals surface area (Å²) in [6, 6.07) is 0. The van der Waals surface area contributed by atoms with Crippen LogP contribution in [0, 0.1) is 5.92 Å². The van der Waals surface area contributed by atoms with Crippen LogP contribution in [0.2, 0.25) is 0 Å². The molecule has 0 radical (unpaired) electrons. The monoisotopic (exact) mass is 244 g/mol. The molecule has 0 unspecified atom stereocenters. The average Bonchev–Trinajstić information content (AvgIpc) is 2.84. The molecule has 2 aromatic rings. The van der Waals surface area contributed by atoms with Crippen molar-refractivity contribution in [2.45, 2.75) is 51.9 Å². The van der Waals surface area contributed by atoms with Crippen molar-refractivity contribution in [3.63, 3.8) is 0 Å². The topological polar surface area (TPSA) is 54.5 Å². The molecule has 4 heteroatoms. The van der Waals surface area contributed by atoms with Gasteiger partial charge in [-0.05, 0) is 12.3 Å². The number of hydrogen-bond acceptors (Lipinski definition) is 3. The van der Waals surface area contributed by atoms with Gasteiger partial charge in [0.2, 0.25) is 0 Å². The number of imidazole rings is 1. The van der Waals surface area contributed by atoms with Crippen molar-refractivity contribution in [1.29, 1.82) is 0 Å². The van der Waals surface area contributed by atoms with Gasteiger partial charge in [0, 0.05) is 6.42 Å². The lowest BCUT2D eigenvalue weighted by molar-refractivity contribution is 0.355. The fourth-order valence-corrected chi connectivity index (χ4v) is 2.91. The number of aromatic amines is 1. The molecule has 96 valence electrons. The predicted molar refractivity (Wildman–Crippen MR) is 71.3 cm³/mol. The molecule has 2 heterocycles. The molecule has 0 aliphatic heterocycles. The second kappa shape index (κ2) is 5.04. The Balaban J connectivity index is 1.88. The molecule has 1 saturated carbocycles. The summed E-state index contributed by atoms with van der Waals surface area (Å²) in [5.41, 5.74) is 3.03. The lowest BCUT2D eigenvalue weighted by Gasteiger charge is -2.20. The van der Waals surface area contributed by atoms with Crippen LogP contribution in [0.15, 0.2) is 6.33 Å². The second-order valence-corrected chi connectivity index (χ2v) is 5.26. The number of nitrogens with zero attached hydrogens (tertiary/aromatic N) is 3. The van der Waals surface area contributed by atoms with Gasteiger partial charge in [-0.1, -0.05) is 39.0 Å². The van der Waals surface area contributed by atoms with E-state index >= 15 is 0 Å². The van der Waals surface area contributed by atoms with Gasteiger partial charge in [0.15, 0.2) is 5.65 Å². The van der Waals surface area contributed by atoms with Crippen LogP contribution in [0.25, 0.3) is 11.2 Å². The minimum absolute atomic E-state index is 0.797. The number of hydrogen-bond donors (Lipinski definition) is 1. The number of rotatable bonds is 3. The molecule has 0 bridgehead atoms. The fourth-order valence-electron chi connectivity index (χ4n) is 2.91. The maximum absolute atomic E-state index is 4.48. The lowest BCUT2D eigenvalue weighted by Crippen LogP contribution is -2.10. The Morgan fingerprint density at radius 3 is 2.83 bits per heavy atom. The van der Waals surface area contributed by atoms with E-state index in [2.05, 4.69) is 26.9 Å². The highest BCUT2D eigenvalue weighted by Gasteiger charge is 2.17. The summed E-state index contributed by atoms with van der Waals surface area (Å²) in [4.78, 5) is 16.6. The van der Waals surface area contributed by atoms with Crippen LogP contribution in [-0.2, 0) is 12.8 Å². The van der Waals surface area contributed by atoms with Gasteiger partial charge < -0.3 is 4.98 Å². The van der Waals surface area contributed by atoms with Crippen molar-refractivity contribution >= 4 is 11.2 Å². The standard InChI is InChI=1S/C14H20N4/c1-2-12-17-13-11(15-9-16-14(13)18-12)8-10-6-4-3-5-7-10/h9-10H,2-8H2,1H3,(H,15,16,17,18). The van der Waals surface area contributed by atoms with Gasteiger partial charge in [0.25, 0.3) is 0 Å². The predicted octanol–water partition coefficient (Wildman–Crippen LogP) is 3.04. The Kier molecular flexibility index (Phi) is 3.26. The van der Waals surface area contributed by atoms with Crippen LogP contribution in [0.3, 0.4) is 0 Å². The van der Waals surface area contributed by atoms with Gasteiger partial charge in [-0.2, -0.15) is 0 Å². The van der Waals surface area contributed by atoms with Crippen LogP contribution in [0.5, 0.6) is 0 Å². The number of fused-ring (bicyclic) bond motifs is 1. The number of nitrogens with one attached hydrogen (secondary N) is 1. The van der Waals surface area contributed by atoms with Crippen molar-refractivity contribution in [2.75, 3.05) is 0 Å². The number of aryl methyl sites for hydroxylation is 1. The molecule has 0 spiro atoms. The van der Waals surface area contributed by atoms with Crippen LogP contribution in [0.4, 0.5) is 0 Å². The first kappa shape index (κ1) is 11.6. The van der Waals surface area contributed by atoms with E-state index in [4.69, 9.17) is 0 Å². The van der Waals surface area contributed by atoms with Crippen LogP contribution in [0.1, 0.15) is 50.5 Å². The van der Waals surface area contributed by atoms with Gasteiger partial charge >= 0.3 is 0 Å². The van der Waals surface area contributed by atoms with Gasteiger partial charge in [-0.3, -0.25) is 0 Å². The molecule has 3 rings (SSSR count). The molecular formula is C14H20N4. The summed E-state index contributed by atoms with van der Waals surface area (Å²) in [6.07, 6.45) is 10.5. The average molecular weight is 244 g/mol. The zero-order chi connectivity index (χ0) is 12.4. The van der Waals surface area contributed by atoms with Crippen molar-refractivity contribution in [3.8, 4) is 0 Å². The molecule has 2 aromatic heterocycles. The molecule has 1 aliphatic carbocycles. The van der Waals surface area contributed by atoms with Gasteiger partial charge in [0.05, 0.1) is 5.69 Å². The summed E-state index contributed by atoms with van der Waals surface area (Å²) in [7, 11) is 0.